The lowest BCUT2D eigenvalue weighted by Crippen LogP contribution is -2.35. The zero-order chi connectivity index (χ0) is 21.0. The molecule has 0 aromatic heterocycles. The number of nitrogens with zero attached hydrogens (tertiary/aromatic N) is 2. The van der Waals surface area contributed by atoms with Crippen LogP contribution in [0.4, 0.5) is 22.7 Å². The number of aryl methyl sites for hydroxylation is 1. The van der Waals surface area contributed by atoms with Gasteiger partial charge in [0.15, 0.2) is 0 Å². The normalized spacial score (nSPS) is 13.7. The summed E-state index contributed by atoms with van der Waals surface area (Å²) >= 11 is 0. The lowest BCUT2D eigenvalue weighted by Gasteiger charge is -2.28. The van der Waals surface area contributed by atoms with Crippen molar-refractivity contribution < 1.29 is 19.3 Å². The van der Waals surface area contributed by atoms with Crippen molar-refractivity contribution >= 4 is 40.5 Å². The van der Waals surface area contributed by atoms with Gasteiger partial charge in [0, 0.05) is 30.4 Å². The van der Waals surface area contributed by atoms with Crippen molar-refractivity contribution in [2.24, 2.45) is 0 Å². The van der Waals surface area contributed by atoms with Gasteiger partial charge in [-0.05, 0) is 43.5 Å². The number of carbonyl (C=O) groups excluding carboxylic acids is 3. The highest BCUT2D eigenvalue weighted by molar-refractivity contribution is 6.43. The second-order valence-corrected chi connectivity index (χ2v) is 6.69. The molecule has 0 saturated carbocycles. The minimum absolute atomic E-state index is 0.0250. The molecule has 1 aliphatic heterocycles. The first kappa shape index (κ1) is 20.0. The summed E-state index contributed by atoms with van der Waals surface area (Å²) in [6, 6.07) is 10.6. The molecule has 29 heavy (non-hydrogen) atoms. The first-order chi connectivity index (χ1) is 13.9. The number of hydrogen-bond donors (Lipinski definition) is 2. The predicted octanol–water partition coefficient (Wildman–Crippen LogP) is 3.00. The van der Waals surface area contributed by atoms with Crippen molar-refractivity contribution in [3.63, 3.8) is 0 Å². The van der Waals surface area contributed by atoms with E-state index in [0.29, 0.717) is 24.3 Å². The Morgan fingerprint density at radius 1 is 1.07 bits per heavy atom. The third-order valence-corrected chi connectivity index (χ3v) is 4.64. The van der Waals surface area contributed by atoms with E-state index in [2.05, 4.69) is 10.6 Å². The molecule has 1 aliphatic rings. The van der Waals surface area contributed by atoms with Crippen LogP contribution in [0.2, 0.25) is 0 Å². The minimum atomic E-state index is -1.03. The molecule has 2 aromatic carbocycles. The molecule has 2 aromatic rings. The molecule has 1 heterocycles. The van der Waals surface area contributed by atoms with Crippen LogP contribution in [0.15, 0.2) is 42.5 Å². The summed E-state index contributed by atoms with van der Waals surface area (Å²) in [5.74, 6) is -1.98. The molecule has 3 rings (SSSR count). The summed E-state index contributed by atoms with van der Waals surface area (Å²) in [5.41, 5.74) is 1.54. The quantitative estimate of drug-likeness (QED) is 0.467. The number of nitro groups is 1. The van der Waals surface area contributed by atoms with Gasteiger partial charge in [0.2, 0.25) is 5.91 Å². The smallest absolute Gasteiger partial charge is 0.314 e. The summed E-state index contributed by atoms with van der Waals surface area (Å²) in [5, 5.41) is 15.8. The van der Waals surface area contributed by atoms with Gasteiger partial charge in [-0.1, -0.05) is 18.2 Å². The molecule has 1 saturated heterocycles. The van der Waals surface area contributed by atoms with E-state index in [1.54, 1.807) is 23.1 Å². The van der Waals surface area contributed by atoms with Crippen molar-refractivity contribution in [2.75, 3.05) is 22.1 Å². The molecule has 0 unspecified atom stereocenters. The van der Waals surface area contributed by atoms with Crippen LogP contribution in [0.5, 0.6) is 0 Å². The predicted molar refractivity (Wildman–Crippen MR) is 108 cm³/mol. The number of amides is 3. The van der Waals surface area contributed by atoms with Crippen molar-refractivity contribution in [1.29, 1.82) is 0 Å². The SMILES string of the molecule is Cc1ccc(NC(=O)C(=O)Nc2ccccc2[N+](=O)[O-])cc1N1CCCCC1=O. The maximum Gasteiger partial charge on any atom is 0.314 e. The third kappa shape index (κ3) is 4.57. The van der Waals surface area contributed by atoms with E-state index in [1.165, 1.54) is 24.3 Å². The zero-order valence-corrected chi connectivity index (χ0v) is 15.8. The molecule has 1 fully saturated rings. The van der Waals surface area contributed by atoms with Crippen molar-refractivity contribution in [1.82, 2.24) is 0 Å². The fourth-order valence-corrected chi connectivity index (χ4v) is 3.14. The van der Waals surface area contributed by atoms with Crippen molar-refractivity contribution in [3.8, 4) is 0 Å². The average molecular weight is 396 g/mol. The van der Waals surface area contributed by atoms with E-state index in [0.717, 1.165) is 18.4 Å². The summed E-state index contributed by atoms with van der Waals surface area (Å²) < 4.78 is 0. The summed E-state index contributed by atoms with van der Waals surface area (Å²) in [4.78, 5) is 48.7. The molecule has 0 atom stereocenters. The molecule has 0 radical (unpaired) electrons. The van der Waals surface area contributed by atoms with Crippen LogP contribution in [0.3, 0.4) is 0 Å². The molecule has 0 bridgehead atoms. The molecule has 150 valence electrons. The molecular formula is C20H20N4O5. The average Bonchev–Trinajstić information content (AvgIpc) is 2.70. The Hall–Kier alpha value is -3.75. The molecule has 3 amide bonds. The van der Waals surface area contributed by atoms with E-state index in [9.17, 15) is 24.5 Å². The van der Waals surface area contributed by atoms with Crippen LogP contribution in [0.1, 0.15) is 24.8 Å². The van der Waals surface area contributed by atoms with Gasteiger partial charge >= 0.3 is 11.8 Å². The van der Waals surface area contributed by atoms with E-state index < -0.39 is 16.7 Å². The Morgan fingerprint density at radius 3 is 2.52 bits per heavy atom. The minimum Gasteiger partial charge on any atom is -0.318 e. The lowest BCUT2D eigenvalue weighted by atomic mass is 10.1. The highest BCUT2D eigenvalue weighted by atomic mass is 16.6. The number of anilines is 3. The monoisotopic (exact) mass is 396 g/mol. The Labute approximate surface area is 166 Å². The first-order valence-corrected chi connectivity index (χ1v) is 9.13. The molecular weight excluding hydrogens is 376 g/mol. The Bertz CT molecular complexity index is 989. The zero-order valence-electron chi connectivity index (χ0n) is 15.8. The Balaban J connectivity index is 1.74. The summed E-state index contributed by atoms with van der Waals surface area (Å²) in [7, 11) is 0. The van der Waals surface area contributed by atoms with Gasteiger partial charge in [0.05, 0.1) is 4.92 Å². The van der Waals surface area contributed by atoms with E-state index in [-0.39, 0.29) is 17.3 Å². The van der Waals surface area contributed by atoms with Crippen LogP contribution < -0.4 is 15.5 Å². The molecule has 2 N–H and O–H groups in total. The van der Waals surface area contributed by atoms with Crippen LogP contribution in [-0.2, 0) is 14.4 Å². The first-order valence-electron chi connectivity index (χ1n) is 9.13. The van der Waals surface area contributed by atoms with Gasteiger partial charge in [-0.25, -0.2) is 0 Å². The fourth-order valence-electron chi connectivity index (χ4n) is 3.14. The van der Waals surface area contributed by atoms with E-state index >= 15 is 0 Å². The van der Waals surface area contributed by atoms with Gasteiger partial charge in [0.1, 0.15) is 5.69 Å². The highest BCUT2D eigenvalue weighted by Crippen LogP contribution is 2.28. The fraction of sp³-hybridized carbons (Fsp3) is 0.250. The van der Waals surface area contributed by atoms with Crippen LogP contribution in [0, 0.1) is 17.0 Å². The number of nitro benzene ring substituents is 1. The number of nitrogens with one attached hydrogen (secondary N) is 2. The summed E-state index contributed by atoms with van der Waals surface area (Å²) in [6.45, 7) is 2.47. The van der Waals surface area contributed by atoms with Crippen LogP contribution in [-0.4, -0.2) is 29.2 Å². The topological polar surface area (TPSA) is 122 Å². The van der Waals surface area contributed by atoms with Gasteiger partial charge < -0.3 is 15.5 Å². The standard InChI is InChI=1S/C20H20N4O5/c1-13-9-10-14(12-17(13)23-11-5-4-8-18(23)25)21-19(26)20(27)22-15-6-2-3-7-16(15)24(28)29/h2-3,6-7,9-10,12H,4-5,8,11H2,1H3,(H,21,26)(H,22,27). The van der Waals surface area contributed by atoms with Crippen molar-refractivity contribution in [2.45, 2.75) is 26.2 Å². The van der Waals surface area contributed by atoms with Gasteiger partial charge in [-0.2, -0.15) is 0 Å². The number of para-hydroxylation sites is 2. The molecule has 9 nitrogen and oxygen atoms in total. The summed E-state index contributed by atoms with van der Waals surface area (Å²) in [6.07, 6.45) is 2.24. The van der Waals surface area contributed by atoms with Gasteiger partial charge in [-0.3, -0.25) is 24.5 Å². The maximum atomic E-state index is 12.3. The highest BCUT2D eigenvalue weighted by Gasteiger charge is 2.23. The Morgan fingerprint density at radius 2 is 1.79 bits per heavy atom. The van der Waals surface area contributed by atoms with Crippen LogP contribution in [0.25, 0.3) is 0 Å². The van der Waals surface area contributed by atoms with Gasteiger partial charge in [-0.15, -0.1) is 0 Å². The third-order valence-electron chi connectivity index (χ3n) is 4.64. The number of carbonyl (C=O) groups is 3. The van der Waals surface area contributed by atoms with E-state index in [1.807, 2.05) is 6.92 Å². The van der Waals surface area contributed by atoms with E-state index in [4.69, 9.17) is 0 Å². The second kappa shape index (κ2) is 8.51. The van der Waals surface area contributed by atoms with Crippen molar-refractivity contribution in [3.05, 3.63) is 58.1 Å². The number of rotatable bonds is 4. The number of benzene rings is 2. The maximum absolute atomic E-state index is 12.3. The van der Waals surface area contributed by atoms with Gasteiger partial charge in [0.25, 0.3) is 5.69 Å². The Kier molecular flexibility index (Phi) is 5.87. The second-order valence-electron chi connectivity index (χ2n) is 6.69. The molecule has 9 heteroatoms. The van der Waals surface area contributed by atoms with Crippen LogP contribution >= 0.6 is 0 Å². The molecule has 0 spiro atoms. The lowest BCUT2D eigenvalue weighted by molar-refractivity contribution is -0.383. The largest absolute Gasteiger partial charge is 0.318 e. The number of piperidine rings is 1. The molecule has 0 aliphatic carbocycles. The number of hydrogen-bond acceptors (Lipinski definition) is 5.